The second-order valence-corrected chi connectivity index (χ2v) is 3.43. The van der Waals surface area contributed by atoms with E-state index in [1.54, 1.807) is 0 Å². The summed E-state index contributed by atoms with van der Waals surface area (Å²) in [7, 11) is 0. The van der Waals surface area contributed by atoms with Gasteiger partial charge in [-0.1, -0.05) is 56.2 Å². The number of hydrogen-bond acceptors (Lipinski definition) is 1. The lowest BCUT2D eigenvalue weighted by Gasteiger charge is -1.85. The van der Waals surface area contributed by atoms with E-state index in [1.165, 1.54) is 19.3 Å². The van der Waals surface area contributed by atoms with Gasteiger partial charge in [0.05, 0.1) is 6.07 Å². The zero-order chi connectivity index (χ0) is 11.2. The molecule has 0 N–H and O–H groups in total. The lowest BCUT2D eigenvalue weighted by molar-refractivity contribution is 0.815. The lowest BCUT2D eigenvalue weighted by Crippen LogP contribution is -1.67. The molecule has 0 aromatic heterocycles. The molecule has 0 aliphatic heterocycles. The van der Waals surface area contributed by atoms with Crippen molar-refractivity contribution in [1.82, 2.24) is 0 Å². The van der Waals surface area contributed by atoms with Gasteiger partial charge in [-0.05, 0) is 19.3 Å². The van der Waals surface area contributed by atoms with Gasteiger partial charge in [0, 0.05) is 6.42 Å². The topological polar surface area (TPSA) is 23.8 Å². The SMILES string of the molecule is CCCC/C=C/C=C/C=C/CCCC#N. The molecular formula is C14H21N. The van der Waals surface area contributed by atoms with Gasteiger partial charge in [0.1, 0.15) is 0 Å². The molecule has 0 aliphatic carbocycles. The van der Waals surface area contributed by atoms with Crippen molar-refractivity contribution < 1.29 is 0 Å². The van der Waals surface area contributed by atoms with Crippen molar-refractivity contribution in [3.63, 3.8) is 0 Å². The summed E-state index contributed by atoms with van der Waals surface area (Å²) < 4.78 is 0. The number of nitrogens with zero attached hydrogens (tertiary/aromatic N) is 1. The largest absolute Gasteiger partial charge is 0.198 e. The van der Waals surface area contributed by atoms with Gasteiger partial charge in [0.2, 0.25) is 0 Å². The maximum Gasteiger partial charge on any atom is 0.0621 e. The minimum Gasteiger partial charge on any atom is -0.198 e. The van der Waals surface area contributed by atoms with Crippen LogP contribution in [0.15, 0.2) is 36.5 Å². The first-order valence-electron chi connectivity index (χ1n) is 5.77. The van der Waals surface area contributed by atoms with Crippen LogP contribution in [-0.4, -0.2) is 0 Å². The molecule has 0 aliphatic rings. The van der Waals surface area contributed by atoms with Crippen molar-refractivity contribution in [2.75, 3.05) is 0 Å². The van der Waals surface area contributed by atoms with Crippen molar-refractivity contribution in [3.05, 3.63) is 36.5 Å². The minimum absolute atomic E-state index is 0.658. The summed E-state index contributed by atoms with van der Waals surface area (Å²) in [4.78, 5) is 0. The van der Waals surface area contributed by atoms with Crippen molar-refractivity contribution in [2.45, 2.75) is 45.4 Å². The average molecular weight is 203 g/mol. The number of nitriles is 1. The second kappa shape index (κ2) is 12.7. The molecular weight excluding hydrogens is 182 g/mol. The first-order valence-corrected chi connectivity index (χ1v) is 5.77. The van der Waals surface area contributed by atoms with Crippen LogP contribution in [0, 0.1) is 11.3 Å². The molecule has 15 heavy (non-hydrogen) atoms. The van der Waals surface area contributed by atoms with Gasteiger partial charge in [-0.25, -0.2) is 0 Å². The van der Waals surface area contributed by atoms with Gasteiger partial charge in [0.25, 0.3) is 0 Å². The highest BCUT2D eigenvalue weighted by Crippen LogP contribution is 1.96. The standard InChI is InChI=1S/C14H21N/c1-2-3-4-5-6-7-8-9-10-11-12-13-14-15/h5-10H,2-4,11-13H2,1H3/b6-5+,8-7+,10-9+. The third-order valence-electron chi connectivity index (χ3n) is 1.99. The summed E-state index contributed by atoms with van der Waals surface area (Å²) in [6, 6.07) is 2.14. The van der Waals surface area contributed by atoms with E-state index >= 15 is 0 Å². The molecule has 0 amide bonds. The predicted molar refractivity (Wildman–Crippen MR) is 66.4 cm³/mol. The fraction of sp³-hybridized carbons (Fsp3) is 0.500. The van der Waals surface area contributed by atoms with Crippen LogP contribution in [0.3, 0.4) is 0 Å². The van der Waals surface area contributed by atoms with Crippen LogP contribution < -0.4 is 0 Å². The molecule has 1 nitrogen and oxygen atoms in total. The Morgan fingerprint density at radius 1 is 0.933 bits per heavy atom. The number of hydrogen-bond donors (Lipinski definition) is 0. The fourth-order valence-electron chi connectivity index (χ4n) is 1.10. The van der Waals surface area contributed by atoms with E-state index in [0.717, 1.165) is 12.8 Å². The normalized spacial score (nSPS) is 11.7. The monoisotopic (exact) mass is 203 g/mol. The molecule has 82 valence electrons. The summed E-state index contributed by atoms with van der Waals surface area (Å²) in [5, 5.41) is 8.31. The van der Waals surface area contributed by atoms with Gasteiger partial charge in [-0.15, -0.1) is 0 Å². The van der Waals surface area contributed by atoms with Gasteiger partial charge in [-0.2, -0.15) is 5.26 Å². The molecule has 0 aromatic carbocycles. The van der Waals surface area contributed by atoms with Crippen molar-refractivity contribution in [1.29, 1.82) is 5.26 Å². The summed E-state index contributed by atoms with van der Waals surface area (Å²) >= 11 is 0. The van der Waals surface area contributed by atoms with Crippen LogP contribution in [0.4, 0.5) is 0 Å². The van der Waals surface area contributed by atoms with Crippen LogP contribution >= 0.6 is 0 Å². The van der Waals surface area contributed by atoms with Crippen LogP contribution in [0.5, 0.6) is 0 Å². The van der Waals surface area contributed by atoms with E-state index in [4.69, 9.17) is 5.26 Å². The fourth-order valence-corrected chi connectivity index (χ4v) is 1.10. The third-order valence-corrected chi connectivity index (χ3v) is 1.99. The lowest BCUT2D eigenvalue weighted by atomic mass is 10.2. The van der Waals surface area contributed by atoms with Crippen molar-refractivity contribution in [3.8, 4) is 6.07 Å². The molecule has 0 fully saturated rings. The van der Waals surface area contributed by atoms with Gasteiger partial charge < -0.3 is 0 Å². The maximum atomic E-state index is 8.31. The number of unbranched alkanes of at least 4 members (excludes halogenated alkanes) is 4. The zero-order valence-electron chi connectivity index (χ0n) is 9.65. The minimum atomic E-state index is 0.658. The van der Waals surface area contributed by atoms with Crippen molar-refractivity contribution in [2.24, 2.45) is 0 Å². The highest BCUT2D eigenvalue weighted by molar-refractivity contribution is 5.10. The molecule has 0 aromatic rings. The Bertz CT molecular complexity index is 241. The smallest absolute Gasteiger partial charge is 0.0621 e. The molecule has 0 spiro atoms. The molecule has 0 radical (unpaired) electrons. The van der Waals surface area contributed by atoms with E-state index < -0.39 is 0 Å². The Morgan fingerprint density at radius 2 is 1.53 bits per heavy atom. The molecule has 0 saturated carbocycles. The van der Waals surface area contributed by atoms with Gasteiger partial charge in [0.15, 0.2) is 0 Å². The molecule has 0 unspecified atom stereocenters. The zero-order valence-corrected chi connectivity index (χ0v) is 9.65. The first kappa shape index (κ1) is 13.7. The van der Waals surface area contributed by atoms with Gasteiger partial charge in [-0.3, -0.25) is 0 Å². The average Bonchev–Trinajstić information content (AvgIpc) is 2.26. The molecule has 1 heteroatoms. The molecule has 0 rings (SSSR count). The highest BCUT2D eigenvalue weighted by atomic mass is 14.2. The van der Waals surface area contributed by atoms with Crippen LogP contribution in [0.25, 0.3) is 0 Å². The summed E-state index contributed by atoms with van der Waals surface area (Å²) in [5.41, 5.74) is 0. The Labute approximate surface area is 93.8 Å². The van der Waals surface area contributed by atoms with E-state index in [1.807, 2.05) is 12.2 Å². The maximum absolute atomic E-state index is 8.31. The van der Waals surface area contributed by atoms with Crippen molar-refractivity contribution >= 4 is 0 Å². The molecule has 0 heterocycles. The number of rotatable bonds is 8. The van der Waals surface area contributed by atoms with E-state index in [9.17, 15) is 0 Å². The Balaban J connectivity index is 3.37. The van der Waals surface area contributed by atoms with Crippen LogP contribution in [-0.2, 0) is 0 Å². The predicted octanol–water partition coefficient (Wildman–Crippen LogP) is 4.54. The van der Waals surface area contributed by atoms with Gasteiger partial charge >= 0.3 is 0 Å². The third kappa shape index (κ3) is 12.7. The second-order valence-electron chi connectivity index (χ2n) is 3.43. The Kier molecular flexibility index (Phi) is 11.6. The summed E-state index contributed by atoms with van der Waals surface area (Å²) in [6.07, 6.45) is 18.9. The summed E-state index contributed by atoms with van der Waals surface area (Å²) in [5.74, 6) is 0. The Hall–Kier alpha value is -1.29. The Morgan fingerprint density at radius 3 is 2.07 bits per heavy atom. The molecule has 0 bridgehead atoms. The summed E-state index contributed by atoms with van der Waals surface area (Å²) in [6.45, 7) is 2.20. The highest BCUT2D eigenvalue weighted by Gasteiger charge is 1.79. The van der Waals surface area contributed by atoms with Crippen LogP contribution in [0.1, 0.15) is 45.4 Å². The quantitative estimate of drug-likeness (QED) is 0.419. The van der Waals surface area contributed by atoms with Crippen LogP contribution in [0.2, 0.25) is 0 Å². The van der Waals surface area contributed by atoms with E-state index in [0.29, 0.717) is 6.42 Å². The molecule has 0 saturated heterocycles. The number of allylic oxidation sites excluding steroid dienone is 6. The first-order chi connectivity index (χ1) is 7.41. The van der Waals surface area contributed by atoms with E-state index in [2.05, 4.69) is 37.3 Å². The van der Waals surface area contributed by atoms with E-state index in [-0.39, 0.29) is 0 Å². The molecule has 0 atom stereocenters.